The number of hydrogen-bond donors (Lipinski definition) is 2. The van der Waals surface area contributed by atoms with Gasteiger partial charge in [-0.3, -0.25) is 5.32 Å². The van der Waals surface area contributed by atoms with E-state index in [0.29, 0.717) is 17.2 Å². The lowest BCUT2D eigenvalue weighted by atomic mass is 10.2. The van der Waals surface area contributed by atoms with Crippen molar-refractivity contribution in [2.24, 2.45) is 0 Å². The van der Waals surface area contributed by atoms with Crippen LogP contribution < -0.4 is 10.6 Å². The third kappa shape index (κ3) is 2.81. The van der Waals surface area contributed by atoms with Gasteiger partial charge in [0.1, 0.15) is 5.69 Å². The molecule has 2 amide bonds. The number of rotatable bonds is 2. The first-order valence-electron chi connectivity index (χ1n) is 5.09. The van der Waals surface area contributed by atoms with Crippen LogP contribution >= 0.6 is 0 Å². The van der Waals surface area contributed by atoms with Crippen LogP contribution in [0.4, 0.5) is 16.3 Å². The SMILES string of the molecule is Cc1ccc(NC(=O)Nc2nonc2C)cc1. The molecule has 88 valence electrons. The van der Waals surface area contributed by atoms with E-state index in [1.807, 2.05) is 31.2 Å². The fourth-order valence-corrected chi connectivity index (χ4v) is 1.25. The molecule has 1 aromatic heterocycles. The Labute approximate surface area is 98.0 Å². The Morgan fingerprint density at radius 3 is 2.41 bits per heavy atom. The molecule has 1 heterocycles. The number of nitrogens with one attached hydrogen (secondary N) is 2. The molecule has 2 aromatic rings. The summed E-state index contributed by atoms with van der Waals surface area (Å²) in [7, 11) is 0. The fourth-order valence-electron chi connectivity index (χ4n) is 1.25. The zero-order chi connectivity index (χ0) is 12.3. The van der Waals surface area contributed by atoms with Crippen molar-refractivity contribution in [3.05, 3.63) is 35.5 Å². The summed E-state index contributed by atoms with van der Waals surface area (Å²) in [5.74, 6) is 0.314. The van der Waals surface area contributed by atoms with Gasteiger partial charge in [0.05, 0.1) is 0 Å². The molecular weight excluding hydrogens is 220 g/mol. The normalized spacial score (nSPS) is 10.0. The zero-order valence-electron chi connectivity index (χ0n) is 9.52. The molecule has 0 saturated carbocycles. The van der Waals surface area contributed by atoms with Gasteiger partial charge in [-0.15, -0.1) is 0 Å². The summed E-state index contributed by atoms with van der Waals surface area (Å²) in [6, 6.07) is 7.09. The van der Waals surface area contributed by atoms with Crippen molar-refractivity contribution in [1.29, 1.82) is 0 Å². The molecule has 0 atom stereocenters. The van der Waals surface area contributed by atoms with Crippen LogP contribution in [-0.4, -0.2) is 16.3 Å². The van der Waals surface area contributed by atoms with E-state index in [1.165, 1.54) is 0 Å². The Hall–Kier alpha value is -2.37. The molecule has 6 nitrogen and oxygen atoms in total. The number of urea groups is 1. The summed E-state index contributed by atoms with van der Waals surface area (Å²) in [6.07, 6.45) is 0. The molecule has 17 heavy (non-hydrogen) atoms. The maximum Gasteiger partial charge on any atom is 0.324 e. The molecule has 0 unspecified atom stereocenters. The first-order chi connectivity index (χ1) is 8.15. The summed E-state index contributed by atoms with van der Waals surface area (Å²) in [5.41, 5.74) is 2.37. The van der Waals surface area contributed by atoms with E-state index in [2.05, 4.69) is 25.6 Å². The largest absolute Gasteiger partial charge is 0.324 e. The second-order valence-electron chi connectivity index (χ2n) is 3.64. The topological polar surface area (TPSA) is 80.0 Å². The molecule has 0 aliphatic carbocycles. The third-order valence-corrected chi connectivity index (χ3v) is 2.19. The maximum absolute atomic E-state index is 11.6. The van der Waals surface area contributed by atoms with Gasteiger partial charge in [0.15, 0.2) is 0 Å². The standard InChI is InChI=1S/C11H12N4O2/c1-7-3-5-9(6-4-7)12-11(16)13-10-8(2)14-17-15-10/h3-6H,1-2H3,(H2,12,13,15,16). The lowest BCUT2D eigenvalue weighted by Crippen LogP contribution is -2.20. The minimum absolute atomic E-state index is 0.314. The molecule has 2 N–H and O–H groups in total. The van der Waals surface area contributed by atoms with Crippen LogP contribution in [0.3, 0.4) is 0 Å². The van der Waals surface area contributed by atoms with Crippen molar-refractivity contribution >= 4 is 17.5 Å². The number of carbonyl (C=O) groups is 1. The molecule has 0 fully saturated rings. The van der Waals surface area contributed by atoms with Crippen LogP contribution in [0, 0.1) is 13.8 Å². The van der Waals surface area contributed by atoms with Gasteiger partial charge in [-0.25, -0.2) is 9.42 Å². The number of carbonyl (C=O) groups excluding carboxylic acids is 1. The van der Waals surface area contributed by atoms with E-state index < -0.39 is 0 Å². The van der Waals surface area contributed by atoms with Gasteiger partial charge in [0.25, 0.3) is 0 Å². The molecule has 0 bridgehead atoms. The van der Waals surface area contributed by atoms with Crippen molar-refractivity contribution in [2.75, 3.05) is 10.6 Å². The van der Waals surface area contributed by atoms with Crippen LogP contribution in [0.2, 0.25) is 0 Å². The molecule has 0 aliphatic heterocycles. The molecule has 0 spiro atoms. The lowest BCUT2D eigenvalue weighted by Gasteiger charge is -2.05. The van der Waals surface area contributed by atoms with Crippen molar-refractivity contribution in [3.8, 4) is 0 Å². The van der Waals surface area contributed by atoms with Crippen molar-refractivity contribution < 1.29 is 9.42 Å². The second-order valence-corrected chi connectivity index (χ2v) is 3.64. The van der Waals surface area contributed by atoms with Crippen molar-refractivity contribution in [2.45, 2.75) is 13.8 Å². The minimum Gasteiger partial charge on any atom is -0.308 e. The predicted molar refractivity (Wildman–Crippen MR) is 62.9 cm³/mol. The first-order valence-corrected chi connectivity index (χ1v) is 5.09. The van der Waals surface area contributed by atoms with E-state index in [1.54, 1.807) is 6.92 Å². The Morgan fingerprint density at radius 2 is 1.82 bits per heavy atom. The number of amides is 2. The van der Waals surface area contributed by atoms with Gasteiger partial charge >= 0.3 is 6.03 Å². The number of nitrogens with zero attached hydrogens (tertiary/aromatic N) is 2. The molecule has 0 aliphatic rings. The molecule has 0 radical (unpaired) electrons. The minimum atomic E-state index is -0.382. The number of hydrogen-bond acceptors (Lipinski definition) is 4. The smallest absolute Gasteiger partial charge is 0.308 e. The Balaban J connectivity index is 1.98. The van der Waals surface area contributed by atoms with Gasteiger partial charge in [-0.1, -0.05) is 22.9 Å². The van der Waals surface area contributed by atoms with Crippen LogP contribution in [-0.2, 0) is 0 Å². The van der Waals surface area contributed by atoms with E-state index >= 15 is 0 Å². The van der Waals surface area contributed by atoms with E-state index in [-0.39, 0.29) is 6.03 Å². The quantitative estimate of drug-likeness (QED) is 0.832. The average molecular weight is 232 g/mol. The highest BCUT2D eigenvalue weighted by Gasteiger charge is 2.09. The van der Waals surface area contributed by atoms with Crippen LogP contribution in [0.1, 0.15) is 11.3 Å². The van der Waals surface area contributed by atoms with Gasteiger partial charge in [-0.2, -0.15) is 0 Å². The number of aryl methyl sites for hydroxylation is 2. The summed E-state index contributed by atoms with van der Waals surface area (Å²) >= 11 is 0. The van der Waals surface area contributed by atoms with Gasteiger partial charge in [0.2, 0.25) is 5.82 Å². The number of benzene rings is 1. The molecule has 1 aromatic carbocycles. The van der Waals surface area contributed by atoms with Crippen LogP contribution in [0.5, 0.6) is 0 Å². The Kier molecular flexibility index (Phi) is 3.04. The Bertz CT molecular complexity index is 519. The van der Waals surface area contributed by atoms with Crippen LogP contribution in [0.15, 0.2) is 28.9 Å². The van der Waals surface area contributed by atoms with Crippen molar-refractivity contribution in [1.82, 2.24) is 10.3 Å². The summed E-state index contributed by atoms with van der Waals surface area (Å²) in [4.78, 5) is 11.6. The van der Waals surface area contributed by atoms with E-state index in [9.17, 15) is 4.79 Å². The predicted octanol–water partition coefficient (Wildman–Crippen LogP) is 2.33. The fraction of sp³-hybridized carbons (Fsp3) is 0.182. The van der Waals surface area contributed by atoms with Crippen LogP contribution in [0.25, 0.3) is 0 Å². The summed E-state index contributed by atoms with van der Waals surface area (Å²) in [6.45, 7) is 3.67. The average Bonchev–Trinajstić information content (AvgIpc) is 2.68. The lowest BCUT2D eigenvalue weighted by molar-refractivity contribution is 0.261. The second kappa shape index (κ2) is 4.65. The van der Waals surface area contributed by atoms with Gasteiger partial charge in [0, 0.05) is 5.69 Å². The van der Waals surface area contributed by atoms with Gasteiger partial charge in [-0.05, 0) is 31.1 Å². The highest BCUT2D eigenvalue weighted by atomic mass is 16.6. The van der Waals surface area contributed by atoms with Crippen molar-refractivity contribution in [3.63, 3.8) is 0 Å². The molecule has 6 heteroatoms. The zero-order valence-corrected chi connectivity index (χ0v) is 9.52. The molecular formula is C11H12N4O2. The van der Waals surface area contributed by atoms with E-state index in [0.717, 1.165) is 5.56 Å². The van der Waals surface area contributed by atoms with Gasteiger partial charge < -0.3 is 5.32 Å². The molecule has 0 saturated heterocycles. The monoisotopic (exact) mass is 232 g/mol. The Morgan fingerprint density at radius 1 is 1.12 bits per heavy atom. The summed E-state index contributed by atoms with van der Waals surface area (Å²) in [5, 5.41) is 12.3. The highest BCUT2D eigenvalue weighted by Crippen LogP contribution is 2.11. The maximum atomic E-state index is 11.6. The molecule has 2 rings (SSSR count). The number of anilines is 2. The highest BCUT2D eigenvalue weighted by molar-refractivity contribution is 5.99. The summed E-state index contributed by atoms with van der Waals surface area (Å²) < 4.78 is 4.47. The first kappa shape index (κ1) is 11.1. The third-order valence-electron chi connectivity index (χ3n) is 2.19. The van der Waals surface area contributed by atoms with E-state index in [4.69, 9.17) is 0 Å². The number of aromatic nitrogens is 2.